The summed E-state index contributed by atoms with van der Waals surface area (Å²) in [6, 6.07) is -1.90. The van der Waals surface area contributed by atoms with Gasteiger partial charge in [0.1, 0.15) is 0 Å². The summed E-state index contributed by atoms with van der Waals surface area (Å²) in [4.78, 5) is 23.8. The molecule has 8 heteroatoms. The summed E-state index contributed by atoms with van der Waals surface area (Å²) in [5.41, 5.74) is 0. The number of aliphatic hydroxyl groups excluding tert-OH is 1. The molecule has 2 amide bonds. The highest BCUT2D eigenvalue weighted by Crippen LogP contribution is 1.83. The molecule has 0 saturated carbocycles. The second kappa shape index (κ2) is 9.63. The summed E-state index contributed by atoms with van der Waals surface area (Å²) in [6.07, 6.45) is 0. The van der Waals surface area contributed by atoms with Crippen molar-refractivity contribution in [1.82, 2.24) is 15.5 Å². The topological polar surface area (TPSA) is 111 Å². The van der Waals surface area contributed by atoms with Gasteiger partial charge in [-0.25, -0.2) is 9.59 Å². The third-order valence-electron chi connectivity index (χ3n) is 2.24. The first kappa shape index (κ1) is 16.6. The lowest BCUT2D eigenvalue weighted by molar-refractivity contribution is -0.140. The summed E-state index contributed by atoms with van der Waals surface area (Å²) >= 11 is 0. The highest BCUT2D eigenvalue weighted by molar-refractivity contribution is 5.82. The lowest BCUT2D eigenvalue weighted by Crippen LogP contribution is -2.49. The van der Waals surface area contributed by atoms with Gasteiger partial charge < -0.3 is 30.5 Å². The van der Waals surface area contributed by atoms with Crippen molar-refractivity contribution in [2.24, 2.45) is 0 Å². The highest BCUT2D eigenvalue weighted by atomic mass is 16.5. The zero-order valence-electron chi connectivity index (χ0n) is 10.7. The Morgan fingerprint density at radius 3 is 2.56 bits per heavy atom. The quantitative estimate of drug-likeness (QED) is 0.395. The van der Waals surface area contributed by atoms with E-state index < -0.39 is 24.6 Å². The molecule has 0 fully saturated rings. The molecule has 0 heterocycles. The standard InChI is InChI=1S/C10H21N3O5/c1-13(5-6-18-2)4-3-11-10(17)12-8(7-14)9(15)16/h8,14H,3-7H2,1-2H3,(H,15,16)(H2,11,12,17)/t8-/m0/s1. The van der Waals surface area contributed by atoms with Gasteiger partial charge in [-0.05, 0) is 7.05 Å². The fourth-order valence-electron chi connectivity index (χ4n) is 1.11. The number of aliphatic carboxylic acids is 1. The number of carbonyl (C=O) groups excluding carboxylic acids is 1. The van der Waals surface area contributed by atoms with Gasteiger partial charge in [-0.1, -0.05) is 0 Å². The number of nitrogens with zero attached hydrogens (tertiary/aromatic N) is 1. The molecule has 0 aromatic heterocycles. The van der Waals surface area contributed by atoms with Crippen LogP contribution >= 0.6 is 0 Å². The number of carboxylic acid groups (broad SMARTS) is 1. The maximum atomic E-state index is 11.3. The Balaban J connectivity index is 3.73. The van der Waals surface area contributed by atoms with Gasteiger partial charge in [-0.2, -0.15) is 0 Å². The molecule has 0 bridgehead atoms. The van der Waals surface area contributed by atoms with Crippen LogP contribution in [0.25, 0.3) is 0 Å². The molecule has 0 aliphatic heterocycles. The Morgan fingerprint density at radius 2 is 2.06 bits per heavy atom. The molecule has 0 radical (unpaired) electrons. The zero-order chi connectivity index (χ0) is 14.0. The van der Waals surface area contributed by atoms with E-state index in [2.05, 4.69) is 10.6 Å². The summed E-state index contributed by atoms with van der Waals surface area (Å²) < 4.78 is 4.90. The lowest BCUT2D eigenvalue weighted by Gasteiger charge is -2.17. The average Bonchev–Trinajstić information content (AvgIpc) is 2.33. The first-order valence-electron chi connectivity index (χ1n) is 5.56. The number of amides is 2. The van der Waals surface area contributed by atoms with Crippen LogP contribution in [0.4, 0.5) is 4.79 Å². The van der Waals surface area contributed by atoms with Crippen LogP contribution in [-0.4, -0.2) is 80.2 Å². The summed E-state index contributed by atoms with van der Waals surface area (Å²) in [6.45, 7) is 1.70. The number of hydrogen-bond donors (Lipinski definition) is 4. The van der Waals surface area contributed by atoms with E-state index in [-0.39, 0.29) is 0 Å². The van der Waals surface area contributed by atoms with Crippen LogP contribution in [-0.2, 0) is 9.53 Å². The molecular weight excluding hydrogens is 242 g/mol. The summed E-state index contributed by atoms with van der Waals surface area (Å²) in [7, 11) is 3.49. The van der Waals surface area contributed by atoms with Crippen molar-refractivity contribution >= 4 is 12.0 Å². The minimum atomic E-state index is -1.28. The van der Waals surface area contributed by atoms with E-state index in [0.717, 1.165) is 6.54 Å². The van der Waals surface area contributed by atoms with Crippen molar-refractivity contribution < 1.29 is 24.5 Å². The fraction of sp³-hybridized carbons (Fsp3) is 0.800. The molecule has 0 aliphatic rings. The van der Waals surface area contributed by atoms with Crippen molar-refractivity contribution in [3.8, 4) is 0 Å². The molecule has 18 heavy (non-hydrogen) atoms. The Bertz CT molecular complexity index is 262. The molecule has 0 aromatic carbocycles. The smallest absolute Gasteiger partial charge is 0.328 e. The van der Waals surface area contributed by atoms with Crippen LogP contribution in [0.15, 0.2) is 0 Å². The number of carbonyl (C=O) groups is 2. The summed E-state index contributed by atoms with van der Waals surface area (Å²) in [5, 5.41) is 22.0. The van der Waals surface area contributed by atoms with Crippen LogP contribution in [0.3, 0.4) is 0 Å². The van der Waals surface area contributed by atoms with Gasteiger partial charge in [-0.15, -0.1) is 0 Å². The predicted molar refractivity (Wildman–Crippen MR) is 64.4 cm³/mol. The second-order valence-corrected chi connectivity index (χ2v) is 3.77. The molecule has 4 N–H and O–H groups in total. The number of urea groups is 1. The zero-order valence-corrected chi connectivity index (χ0v) is 10.7. The fourth-order valence-corrected chi connectivity index (χ4v) is 1.11. The minimum Gasteiger partial charge on any atom is -0.480 e. The maximum Gasteiger partial charge on any atom is 0.328 e. The van der Waals surface area contributed by atoms with Gasteiger partial charge in [0.05, 0.1) is 13.2 Å². The van der Waals surface area contributed by atoms with E-state index in [0.29, 0.717) is 19.7 Å². The molecule has 0 aromatic rings. The van der Waals surface area contributed by atoms with Crippen molar-refractivity contribution in [3.05, 3.63) is 0 Å². The molecule has 106 valence electrons. The molecule has 1 atom stereocenters. The van der Waals surface area contributed by atoms with E-state index in [1.165, 1.54) is 0 Å². The summed E-state index contributed by atoms with van der Waals surface area (Å²) in [5.74, 6) is -1.27. The van der Waals surface area contributed by atoms with Gasteiger partial charge in [0.25, 0.3) is 0 Å². The Morgan fingerprint density at radius 1 is 1.39 bits per heavy atom. The molecule has 0 saturated heterocycles. The van der Waals surface area contributed by atoms with E-state index in [1.807, 2.05) is 11.9 Å². The van der Waals surface area contributed by atoms with Crippen molar-refractivity contribution in [3.63, 3.8) is 0 Å². The number of ether oxygens (including phenoxy) is 1. The molecular formula is C10H21N3O5. The van der Waals surface area contributed by atoms with Gasteiger partial charge in [0.15, 0.2) is 6.04 Å². The number of hydrogen-bond acceptors (Lipinski definition) is 5. The van der Waals surface area contributed by atoms with Crippen LogP contribution < -0.4 is 10.6 Å². The SMILES string of the molecule is COCCN(C)CCNC(=O)N[C@@H](CO)C(=O)O. The van der Waals surface area contributed by atoms with Crippen LogP contribution in [0.1, 0.15) is 0 Å². The van der Waals surface area contributed by atoms with Gasteiger partial charge >= 0.3 is 12.0 Å². The number of rotatable bonds is 9. The van der Waals surface area contributed by atoms with Crippen LogP contribution in [0, 0.1) is 0 Å². The number of aliphatic hydroxyl groups is 1. The van der Waals surface area contributed by atoms with Gasteiger partial charge in [-0.3, -0.25) is 0 Å². The van der Waals surface area contributed by atoms with Crippen molar-refractivity contribution in [1.29, 1.82) is 0 Å². The van der Waals surface area contributed by atoms with Gasteiger partial charge in [0, 0.05) is 26.7 Å². The highest BCUT2D eigenvalue weighted by Gasteiger charge is 2.18. The third kappa shape index (κ3) is 7.82. The van der Waals surface area contributed by atoms with Crippen molar-refractivity contribution in [2.75, 3.05) is 47.0 Å². The van der Waals surface area contributed by atoms with E-state index in [4.69, 9.17) is 14.9 Å². The Kier molecular flexibility index (Phi) is 8.89. The largest absolute Gasteiger partial charge is 0.480 e. The molecule has 8 nitrogen and oxygen atoms in total. The number of nitrogens with one attached hydrogen (secondary N) is 2. The average molecular weight is 263 g/mol. The second-order valence-electron chi connectivity index (χ2n) is 3.77. The minimum absolute atomic E-state index is 0.379. The van der Waals surface area contributed by atoms with E-state index >= 15 is 0 Å². The van der Waals surface area contributed by atoms with Crippen molar-refractivity contribution in [2.45, 2.75) is 6.04 Å². The van der Waals surface area contributed by atoms with E-state index in [9.17, 15) is 9.59 Å². The first-order valence-corrected chi connectivity index (χ1v) is 5.56. The Labute approximate surface area is 106 Å². The Hall–Kier alpha value is -1.38. The molecule has 0 unspecified atom stereocenters. The number of carboxylic acids is 1. The van der Waals surface area contributed by atoms with Gasteiger partial charge in [0.2, 0.25) is 0 Å². The van der Waals surface area contributed by atoms with E-state index in [1.54, 1.807) is 7.11 Å². The number of methoxy groups -OCH3 is 1. The normalized spacial score (nSPS) is 12.2. The van der Waals surface area contributed by atoms with Crippen LogP contribution in [0.5, 0.6) is 0 Å². The van der Waals surface area contributed by atoms with Crippen LogP contribution in [0.2, 0.25) is 0 Å². The maximum absolute atomic E-state index is 11.3. The molecule has 0 aliphatic carbocycles. The third-order valence-corrected chi connectivity index (χ3v) is 2.24. The monoisotopic (exact) mass is 263 g/mol. The lowest BCUT2D eigenvalue weighted by atomic mass is 10.3. The first-order chi connectivity index (χ1) is 8.51. The molecule has 0 rings (SSSR count). The molecule has 0 spiro atoms. The predicted octanol–water partition coefficient (Wildman–Crippen LogP) is -1.69. The number of likely N-dealkylation sites (N-methyl/N-ethyl adjacent to an activating group) is 1.